The van der Waals surface area contributed by atoms with Crippen LogP contribution in [-0.2, 0) is 6.42 Å². The maximum Gasteiger partial charge on any atom is 0.134 e. The molecule has 4 heteroatoms. The minimum atomic E-state index is 0.495. The summed E-state index contributed by atoms with van der Waals surface area (Å²) in [5, 5.41) is 0.683. The average Bonchev–Trinajstić information content (AvgIpc) is 2.28. The summed E-state index contributed by atoms with van der Waals surface area (Å²) in [5.41, 5.74) is 8.67. The lowest BCUT2D eigenvalue weighted by atomic mass is 10.0. The lowest BCUT2D eigenvalue weighted by Crippen LogP contribution is -2.00. The highest BCUT2D eigenvalue weighted by atomic mass is 35.5. The molecule has 0 saturated carbocycles. The molecule has 0 aliphatic carbocycles. The number of halogens is 1. The van der Waals surface area contributed by atoms with Gasteiger partial charge in [0.05, 0.1) is 5.69 Å². The van der Waals surface area contributed by atoms with Crippen molar-refractivity contribution >= 4 is 17.4 Å². The fourth-order valence-corrected chi connectivity index (χ4v) is 1.85. The first-order chi connectivity index (χ1) is 7.72. The molecule has 0 aliphatic rings. The van der Waals surface area contributed by atoms with Crippen molar-refractivity contribution in [2.45, 2.75) is 13.3 Å². The molecule has 0 amide bonds. The van der Waals surface area contributed by atoms with Crippen LogP contribution in [0.15, 0.2) is 30.6 Å². The van der Waals surface area contributed by atoms with E-state index in [0.717, 1.165) is 23.2 Å². The Morgan fingerprint density at radius 3 is 2.81 bits per heavy atom. The summed E-state index contributed by atoms with van der Waals surface area (Å²) in [7, 11) is 0. The summed E-state index contributed by atoms with van der Waals surface area (Å²) in [6.07, 6.45) is 2.30. The van der Waals surface area contributed by atoms with Gasteiger partial charge in [-0.25, -0.2) is 9.97 Å². The number of hydrogen-bond acceptors (Lipinski definition) is 3. The van der Waals surface area contributed by atoms with Gasteiger partial charge in [0.15, 0.2) is 0 Å². The van der Waals surface area contributed by atoms with E-state index in [1.807, 2.05) is 31.2 Å². The highest BCUT2D eigenvalue weighted by molar-refractivity contribution is 6.30. The first kappa shape index (κ1) is 10.9. The third-order valence-corrected chi connectivity index (χ3v) is 2.64. The summed E-state index contributed by atoms with van der Waals surface area (Å²) in [5.74, 6) is 0.495. The fourth-order valence-electron chi connectivity index (χ4n) is 1.66. The number of nitrogens with zero attached hydrogens (tertiary/aromatic N) is 2. The van der Waals surface area contributed by atoms with Gasteiger partial charge in [-0.15, -0.1) is 0 Å². The Balaban J connectivity index is 2.63. The van der Waals surface area contributed by atoms with E-state index in [-0.39, 0.29) is 0 Å². The minimum Gasteiger partial charge on any atom is -0.383 e. The number of aryl methyl sites for hydroxylation is 1. The Bertz CT molecular complexity index is 511. The second-order valence-corrected chi connectivity index (χ2v) is 3.88. The van der Waals surface area contributed by atoms with E-state index in [1.165, 1.54) is 6.33 Å². The average molecular weight is 234 g/mol. The van der Waals surface area contributed by atoms with Gasteiger partial charge in [0.25, 0.3) is 0 Å². The number of aromatic nitrogens is 2. The van der Waals surface area contributed by atoms with Crippen LogP contribution in [0.1, 0.15) is 12.6 Å². The molecule has 0 unspecified atom stereocenters. The van der Waals surface area contributed by atoms with Crippen LogP contribution >= 0.6 is 11.6 Å². The lowest BCUT2D eigenvalue weighted by Gasteiger charge is -2.09. The van der Waals surface area contributed by atoms with Gasteiger partial charge in [-0.2, -0.15) is 0 Å². The summed E-state index contributed by atoms with van der Waals surface area (Å²) >= 11 is 5.96. The lowest BCUT2D eigenvalue weighted by molar-refractivity contribution is 1.01. The van der Waals surface area contributed by atoms with E-state index in [9.17, 15) is 0 Å². The number of rotatable bonds is 2. The minimum absolute atomic E-state index is 0.495. The van der Waals surface area contributed by atoms with Crippen molar-refractivity contribution in [3.8, 4) is 11.1 Å². The van der Waals surface area contributed by atoms with Crippen molar-refractivity contribution in [3.63, 3.8) is 0 Å². The van der Waals surface area contributed by atoms with Crippen LogP contribution < -0.4 is 5.73 Å². The third-order valence-electron chi connectivity index (χ3n) is 2.40. The van der Waals surface area contributed by atoms with E-state index in [2.05, 4.69) is 9.97 Å². The quantitative estimate of drug-likeness (QED) is 0.868. The van der Waals surface area contributed by atoms with Crippen LogP contribution in [0.2, 0.25) is 5.02 Å². The molecule has 0 spiro atoms. The summed E-state index contributed by atoms with van der Waals surface area (Å²) in [6, 6.07) is 7.55. The largest absolute Gasteiger partial charge is 0.383 e. The highest BCUT2D eigenvalue weighted by Gasteiger charge is 2.10. The van der Waals surface area contributed by atoms with E-state index < -0.39 is 0 Å². The topological polar surface area (TPSA) is 51.8 Å². The molecule has 1 aromatic carbocycles. The molecule has 0 fully saturated rings. The normalized spacial score (nSPS) is 10.4. The molecular weight excluding hydrogens is 222 g/mol. The Hall–Kier alpha value is -1.61. The molecule has 1 heterocycles. The number of hydrogen-bond donors (Lipinski definition) is 1. The summed E-state index contributed by atoms with van der Waals surface area (Å²) in [6.45, 7) is 2.04. The highest BCUT2D eigenvalue weighted by Crippen LogP contribution is 2.28. The monoisotopic (exact) mass is 233 g/mol. The second-order valence-electron chi connectivity index (χ2n) is 3.44. The maximum absolute atomic E-state index is 5.96. The number of nitrogens with two attached hydrogens (primary N) is 1. The standard InChI is InChI=1S/C12H12ClN3/c1-2-10-11(12(14)16-7-15-10)8-4-3-5-9(13)6-8/h3-7H,2H2,1H3,(H2,14,15,16). The molecule has 3 nitrogen and oxygen atoms in total. The number of anilines is 1. The molecule has 0 atom stereocenters. The van der Waals surface area contributed by atoms with Crippen LogP contribution in [0.4, 0.5) is 5.82 Å². The molecule has 1 aromatic heterocycles. The van der Waals surface area contributed by atoms with Crippen LogP contribution in [0.5, 0.6) is 0 Å². The van der Waals surface area contributed by atoms with Gasteiger partial charge in [-0.1, -0.05) is 30.7 Å². The van der Waals surface area contributed by atoms with Crippen molar-refractivity contribution in [1.29, 1.82) is 0 Å². The summed E-state index contributed by atoms with van der Waals surface area (Å²) < 4.78 is 0. The molecular formula is C12H12ClN3. The maximum atomic E-state index is 5.96. The molecule has 2 aromatic rings. The second kappa shape index (κ2) is 4.49. The zero-order valence-corrected chi connectivity index (χ0v) is 9.70. The van der Waals surface area contributed by atoms with Crippen LogP contribution in [0.25, 0.3) is 11.1 Å². The summed E-state index contributed by atoms with van der Waals surface area (Å²) in [4.78, 5) is 8.25. The Morgan fingerprint density at radius 1 is 1.31 bits per heavy atom. The van der Waals surface area contributed by atoms with Gasteiger partial charge in [0, 0.05) is 10.6 Å². The van der Waals surface area contributed by atoms with Gasteiger partial charge in [-0.3, -0.25) is 0 Å². The Kier molecular flexibility index (Phi) is 3.06. The van der Waals surface area contributed by atoms with Crippen molar-refractivity contribution in [2.24, 2.45) is 0 Å². The van der Waals surface area contributed by atoms with E-state index >= 15 is 0 Å². The van der Waals surface area contributed by atoms with Crippen molar-refractivity contribution < 1.29 is 0 Å². The zero-order chi connectivity index (χ0) is 11.5. The number of nitrogen functional groups attached to an aromatic ring is 1. The molecule has 82 valence electrons. The molecule has 16 heavy (non-hydrogen) atoms. The van der Waals surface area contributed by atoms with Gasteiger partial charge in [0.1, 0.15) is 12.1 Å². The molecule has 2 N–H and O–H groups in total. The van der Waals surface area contributed by atoms with Crippen LogP contribution in [-0.4, -0.2) is 9.97 Å². The zero-order valence-electron chi connectivity index (χ0n) is 8.94. The first-order valence-electron chi connectivity index (χ1n) is 5.07. The van der Waals surface area contributed by atoms with E-state index in [0.29, 0.717) is 10.8 Å². The van der Waals surface area contributed by atoms with E-state index in [1.54, 1.807) is 0 Å². The van der Waals surface area contributed by atoms with Crippen molar-refractivity contribution in [1.82, 2.24) is 9.97 Å². The van der Waals surface area contributed by atoms with Gasteiger partial charge < -0.3 is 5.73 Å². The molecule has 0 saturated heterocycles. The smallest absolute Gasteiger partial charge is 0.134 e. The number of benzene rings is 1. The first-order valence-corrected chi connectivity index (χ1v) is 5.45. The van der Waals surface area contributed by atoms with Gasteiger partial charge >= 0.3 is 0 Å². The SMILES string of the molecule is CCc1ncnc(N)c1-c1cccc(Cl)c1. The third kappa shape index (κ3) is 1.99. The molecule has 0 aliphatic heterocycles. The Morgan fingerprint density at radius 2 is 2.12 bits per heavy atom. The van der Waals surface area contributed by atoms with Crippen molar-refractivity contribution in [2.75, 3.05) is 5.73 Å². The Labute approximate surface area is 99.3 Å². The van der Waals surface area contributed by atoms with Crippen LogP contribution in [0.3, 0.4) is 0 Å². The predicted octanol–water partition coefficient (Wildman–Crippen LogP) is 2.94. The van der Waals surface area contributed by atoms with Gasteiger partial charge in [-0.05, 0) is 24.1 Å². The fraction of sp³-hybridized carbons (Fsp3) is 0.167. The molecule has 2 rings (SSSR count). The van der Waals surface area contributed by atoms with Crippen molar-refractivity contribution in [3.05, 3.63) is 41.3 Å². The van der Waals surface area contributed by atoms with Crippen LogP contribution in [0, 0.1) is 0 Å². The van der Waals surface area contributed by atoms with E-state index in [4.69, 9.17) is 17.3 Å². The van der Waals surface area contributed by atoms with Gasteiger partial charge in [0.2, 0.25) is 0 Å². The predicted molar refractivity (Wildman–Crippen MR) is 66.3 cm³/mol. The molecule has 0 bridgehead atoms. The molecule has 0 radical (unpaired) electrons.